The normalized spacial score (nSPS) is 11.6. The molecule has 1 aromatic carbocycles. The Labute approximate surface area is 105 Å². The number of hydrogen-bond acceptors (Lipinski definition) is 1. The summed E-state index contributed by atoms with van der Waals surface area (Å²) in [6, 6.07) is 1.46. The van der Waals surface area contributed by atoms with Gasteiger partial charge < -0.3 is 5.11 Å². The van der Waals surface area contributed by atoms with Gasteiger partial charge in [-0.05, 0) is 29.5 Å². The molecule has 0 heterocycles. The maximum atomic E-state index is 11.0. The minimum atomic E-state index is -1.01. The second-order valence-corrected chi connectivity index (χ2v) is 5.56. The molecular weight excluding hydrogens is 247 g/mol. The van der Waals surface area contributed by atoms with Crippen molar-refractivity contribution in [2.24, 2.45) is 0 Å². The number of halogens is 2. The van der Waals surface area contributed by atoms with E-state index in [9.17, 15) is 4.79 Å². The zero-order valence-corrected chi connectivity index (χ0v) is 11.2. The predicted octanol–water partition coefficient (Wildman–Crippen LogP) is 4.30. The van der Waals surface area contributed by atoms with E-state index in [1.807, 2.05) is 20.8 Å². The molecular formula is C12H14Cl2O2. The van der Waals surface area contributed by atoms with Crippen LogP contribution in [-0.4, -0.2) is 11.1 Å². The summed E-state index contributed by atoms with van der Waals surface area (Å²) in [5, 5.41) is 9.84. The Kier molecular flexibility index (Phi) is 3.56. The molecule has 0 aliphatic rings. The summed E-state index contributed by atoms with van der Waals surface area (Å²) in [6.45, 7) is 7.65. The third-order valence-electron chi connectivity index (χ3n) is 2.44. The molecule has 0 bridgehead atoms. The molecule has 0 amide bonds. The van der Waals surface area contributed by atoms with Crippen LogP contribution in [0.15, 0.2) is 6.07 Å². The van der Waals surface area contributed by atoms with Crippen LogP contribution in [0, 0.1) is 6.92 Å². The van der Waals surface area contributed by atoms with Crippen molar-refractivity contribution >= 4 is 29.2 Å². The van der Waals surface area contributed by atoms with Crippen LogP contribution < -0.4 is 0 Å². The van der Waals surface area contributed by atoms with Gasteiger partial charge in [0, 0.05) is 10.0 Å². The summed E-state index contributed by atoms with van der Waals surface area (Å²) in [7, 11) is 0. The highest BCUT2D eigenvalue weighted by Crippen LogP contribution is 2.38. The molecule has 88 valence electrons. The van der Waals surface area contributed by atoms with Crippen molar-refractivity contribution in [2.75, 3.05) is 0 Å². The molecule has 0 aliphatic carbocycles. The Morgan fingerprint density at radius 3 is 2.19 bits per heavy atom. The minimum Gasteiger partial charge on any atom is -0.478 e. The van der Waals surface area contributed by atoms with Crippen molar-refractivity contribution in [1.29, 1.82) is 0 Å². The van der Waals surface area contributed by atoms with Crippen molar-refractivity contribution in [3.8, 4) is 0 Å². The standard InChI is InChI=1S/C12H14Cl2O2/c1-6-7(11(15)16)5-8(13)9(10(6)14)12(2,3)4/h5H,1-4H3,(H,15,16). The Morgan fingerprint density at radius 2 is 1.81 bits per heavy atom. The first-order chi connectivity index (χ1) is 7.16. The molecule has 0 fully saturated rings. The zero-order chi connectivity index (χ0) is 12.7. The molecule has 16 heavy (non-hydrogen) atoms. The maximum Gasteiger partial charge on any atom is 0.336 e. The average Bonchev–Trinajstić information content (AvgIpc) is 2.08. The first kappa shape index (κ1) is 13.3. The summed E-state index contributed by atoms with van der Waals surface area (Å²) in [4.78, 5) is 11.0. The van der Waals surface area contributed by atoms with Crippen LogP contribution in [0.4, 0.5) is 0 Å². The number of carbonyl (C=O) groups is 1. The van der Waals surface area contributed by atoms with Gasteiger partial charge in [-0.15, -0.1) is 0 Å². The van der Waals surface area contributed by atoms with E-state index < -0.39 is 5.97 Å². The Balaban J connectivity index is 3.59. The van der Waals surface area contributed by atoms with Crippen LogP contribution in [0.3, 0.4) is 0 Å². The smallest absolute Gasteiger partial charge is 0.336 e. The summed E-state index contributed by atoms with van der Waals surface area (Å²) >= 11 is 12.3. The number of benzene rings is 1. The Bertz CT molecular complexity index is 445. The fourth-order valence-corrected chi connectivity index (χ4v) is 2.65. The highest BCUT2D eigenvalue weighted by Gasteiger charge is 2.25. The molecule has 2 nitrogen and oxygen atoms in total. The lowest BCUT2D eigenvalue weighted by atomic mass is 9.85. The monoisotopic (exact) mass is 260 g/mol. The van der Waals surface area contributed by atoms with Crippen molar-refractivity contribution < 1.29 is 9.90 Å². The van der Waals surface area contributed by atoms with Gasteiger partial charge in [-0.3, -0.25) is 0 Å². The first-order valence-electron chi connectivity index (χ1n) is 4.88. The SMILES string of the molecule is Cc1c(C(=O)O)cc(Cl)c(C(C)(C)C)c1Cl. The van der Waals surface area contributed by atoms with Gasteiger partial charge in [0.2, 0.25) is 0 Å². The molecule has 0 aliphatic heterocycles. The second-order valence-electron chi connectivity index (χ2n) is 4.78. The lowest BCUT2D eigenvalue weighted by Gasteiger charge is -2.24. The van der Waals surface area contributed by atoms with Crippen LogP contribution in [0.25, 0.3) is 0 Å². The quantitative estimate of drug-likeness (QED) is 0.818. The van der Waals surface area contributed by atoms with Gasteiger partial charge in [0.25, 0.3) is 0 Å². The maximum absolute atomic E-state index is 11.0. The van der Waals surface area contributed by atoms with E-state index in [0.717, 1.165) is 5.56 Å². The molecule has 0 aromatic heterocycles. The fourth-order valence-electron chi connectivity index (χ4n) is 1.63. The zero-order valence-electron chi connectivity index (χ0n) is 9.69. The van der Waals surface area contributed by atoms with Crippen LogP contribution in [-0.2, 0) is 5.41 Å². The van der Waals surface area contributed by atoms with E-state index in [4.69, 9.17) is 28.3 Å². The van der Waals surface area contributed by atoms with E-state index in [2.05, 4.69) is 0 Å². The van der Waals surface area contributed by atoms with Crippen LogP contribution >= 0.6 is 23.2 Å². The van der Waals surface area contributed by atoms with Gasteiger partial charge in [-0.25, -0.2) is 4.79 Å². The van der Waals surface area contributed by atoms with Gasteiger partial charge in [-0.2, -0.15) is 0 Å². The summed E-state index contributed by atoms with van der Waals surface area (Å²) in [6.07, 6.45) is 0. The number of aromatic carboxylic acids is 1. The van der Waals surface area contributed by atoms with Crippen molar-refractivity contribution in [2.45, 2.75) is 33.1 Å². The lowest BCUT2D eigenvalue weighted by Crippen LogP contribution is -2.15. The molecule has 4 heteroatoms. The number of hydrogen-bond donors (Lipinski definition) is 1. The first-order valence-corrected chi connectivity index (χ1v) is 5.64. The number of rotatable bonds is 1. The second kappa shape index (κ2) is 4.27. The largest absolute Gasteiger partial charge is 0.478 e. The van der Waals surface area contributed by atoms with Gasteiger partial charge in [-0.1, -0.05) is 44.0 Å². The van der Waals surface area contributed by atoms with E-state index in [0.29, 0.717) is 15.6 Å². The molecule has 0 radical (unpaired) electrons. The molecule has 0 saturated heterocycles. The van der Waals surface area contributed by atoms with Crippen molar-refractivity contribution in [1.82, 2.24) is 0 Å². The van der Waals surface area contributed by atoms with Gasteiger partial charge >= 0.3 is 5.97 Å². The van der Waals surface area contributed by atoms with Crippen LogP contribution in [0.1, 0.15) is 42.3 Å². The van der Waals surface area contributed by atoms with Crippen LogP contribution in [0.5, 0.6) is 0 Å². The Morgan fingerprint density at radius 1 is 1.31 bits per heavy atom. The minimum absolute atomic E-state index is 0.156. The molecule has 0 saturated carbocycles. The molecule has 1 N–H and O–H groups in total. The van der Waals surface area contributed by atoms with Gasteiger partial charge in [0.1, 0.15) is 0 Å². The van der Waals surface area contributed by atoms with Gasteiger partial charge in [0.05, 0.1) is 5.56 Å². The van der Waals surface area contributed by atoms with Crippen LogP contribution in [0.2, 0.25) is 10.0 Å². The van der Waals surface area contributed by atoms with Crippen molar-refractivity contribution in [3.05, 3.63) is 32.8 Å². The third-order valence-corrected chi connectivity index (χ3v) is 3.21. The van der Waals surface area contributed by atoms with E-state index in [-0.39, 0.29) is 11.0 Å². The van der Waals surface area contributed by atoms with E-state index in [1.165, 1.54) is 6.07 Å². The number of carboxylic acid groups (broad SMARTS) is 1. The third kappa shape index (κ3) is 2.33. The summed E-state index contributed by atoms with van der Waals surface area (Å²) < 4.78 is 0. The average molecular weight is 261 g/mol. The summed E-state index contributed by atoms with van der Waals surface area (Å²) in [5.41, 5.74) is 1.29. The highest BCUT2D eigenvalue weighted by molar-refractivity contribution is 6.37. The molecule has 0 spiro atoms. The molecule has 0 unspecified atom stereocenters. The predicted molar refractivity (Wildman–Crippen MR) is 66.9 cm³/mol. The summed E-state index contributed by atoms with van der Waals surface area (Å²) in [5.74, 6) is -1.01. The highest BCUT2D eigenvalue weighted by atomic mass is 35.5. The van der Waals surface area contributed by atoms with Crippen molar-refractivity contribution in [3.63, 3.8) is 0 Å². The lowest BCUT2D eigenvalue weighted by molar-refractivity contribution is 0.0696. The fraction of sp³-hybridized carbons (Fsp3) is 0.417. The van der Waals surface area contributed by atoms with Gasteiger partial charge in [0.15, 0.2) is 0 Å². The Hall–Kier alpha value is -0.730. The van der Waals surface area contributed by atoms with E-state index in [1.54, 1.807) is 6.92 Å². The van der Waals surface area contributed by atoms with E-state index >= 15 is 0 Å². The molecule has 0 atom stereocenters. The topological polar surface area (TPSA) is 37.3 Å². The number of carboxylic acids is 1. The molecule has 1 rings (SSSR count). The molecule has 1 aromatic rings.